The van der Waals surface area contributed by atoms with Gasteiger partial charge in [-0.1, -0.05) is 24.1 Å². The Morgan fingerprint density at radius 3 is 2.95 bits per heavy atom. The van der Waals surface area contributed by atoms with Crippen LogP contribution < -0.4 is 0 Å². The molecule has 0 spiro atoms. The van der Waals surface area contributed by atoms with Gasteiger partial charge in [-0.3, -0.25) is 4.90 Å². The molecule has 0 amide bonds. The average molecular weight is 289 g/mol. The first-order valence-electron chi connectivity index (χ1n) is 7.95. The van der Waals surface area contributed by atoms with Crippen LogP contribution in [0.25, 0.3) is 0 Å². The van der Waals surface area contributed by atoms with Gasteiger partial charge in [-0.2, -0.15) is 0 Å². The van der Waals surface area contributed by atoms with Crippen LogP contribution in [0.1, 0.15) is 47.0 Å². The summed E-state index contributed by atoms with van der Waals surface area (Å²) in [5, 5.41) is 0. The predicted molar refractivity (Wildman–Crippen MR) is 86.2 cm³/mol. The zero-order chi connectivity index (χ0) is 14.9. The summed E-state index contributed by atoms with van der Waals surface area (Å²) in [6.07, 6.45) is 11.2. The lowest BCUT2D eigenvalue weighted by Crippen LogP contribution is -2.31. The molecule has 110 valence electrons. The lowest BCUT2D eigenvalue weighted by Gasteiger charge is -2.28. The second kappa shape index (κ2) is 5.55. The fourth-order valence-corrected chi connectivity index (χ4v) is 3.10. The van der Waals surface area contributed by atoms with Crippen molar-refractivity contribution in [2.45, 2.75) is 38.3 Å². The first-order valence-corrected chi connectivity index (χ1v) is 7.95. The van der Waals surface area contributed by atoms with Gasteiger partial charge < -0.3 is 0 Å². The van der Waals surface area contributed by atoms with Crippen molar-refractivity contribution in [2.24, 2.45) is 0 Å². The van der Waals surface area contributed by atoms with E-state index >= 15 is 0 Å². The van der Waals surface area contributed by atoms with Crippen molar-refractivity contribution in [1.82, 2.24) is 14.9 Å². The molecule has 0 radical (unpaired) electrons. The van der Waals surface area contributed by atoms with E-state index in [1.54, 1.807) is 0 Å². The van der Waals surface area contributed by atoms with E-state index < -0.39 is 0 Å². The van der Waals surface area contributed by atoms with Crippen molar-refractivity contribution in [3.8, 4) is 12.3 Å². The normalized spacial score (nSPS) is 17.8. The number of hydrogen-bond donors (Lipinski definition) is 0. The van der Waals surface area contributed by atoms with Crippen LogP contribution in [0.4, 0.5) is 0 Å². The van der Waals surface area contributed by atoms with E-state index in [2.05, 4.69) is 27.9 Å². The van der Waals surface area contributed by atoms with E-state index in [1.165, 1.54) is 29.7 Å². The van der Waals surface area contributed by atoms with Gasteiger partial charge in [0.05, 0.1) is 0 Å². The lowest BCUT2D eigenvalue weighted by molar-refractivity contribution is 0.242. The first-order chi connectivity index (χ1) is 10.8. The molecule has 1 saturated carbocycles. The maximum Gasteiger partial charge on any atom is 0.131 e. The summed E-state index contributed by atoms with van der Waals surface area (Å²) in [7, 11) is 0. The third-order valence-electron chi connectivity index (χ3n) is 4.54. The quantitative estimate of drug-likeness (QED) is 0.814. The zero-order valence-corrected chi connectivity index (χ0v) is 12.6. The van der Waals surface area contributed by atoms with Crippen LogP contribution in [0.5, 0.6) is 0 Å². The summed E-state index contributed by atoms with van der Waals surface area (Å²) in [4.78, 5) is 11.8. The first kappa shape index (κ1) is 13.5. The molecule has 0 unspecified atom stereocenters. The van der Waals surface area contributed by atoms with Gasteiger partial charge in [-0.05, 0) is 24.5 Å². The SMILES string of the molecule is C#Cc1ccccc1CN1CCc2nc(C3CC3)ncc2C1. The third kappa shape index (κ3) is 2.63. The molecule has 0 atom stereocenters. The Bertz CT molecular complexity index is 741. The standard InChI is InChI=1S/C19H19N3/c1-2-14-5-3-4-6-16(14)12-22-10-9-18-17(13-22)11-20-19(21-18)15-7-8-15/h1,3-6,11,15H,7-10,12-13H2. The maximum atomic E-state index is 5.59. The number of nitrogens with zero attached hydrogens (tertiary/aromatic N) is 3. The van der Waals surface area contributed by atoms with Crippen molar-refractivity contribution >= 4 is 0 Å². The van der Waals surface area contributed by atoms with Gasteiger partial charge in [0.2, 0.25) is 0 Å². The molecule has 1 aliphatic carbocycles. The summed E-state index contributed by atoms with van der Waals surface area (Å²) in [5.41, 5.74) is 4.74. The molecule has 1 aromatic heterocycles. The van der Waals surface area contributed by atoms with Crippen molar-refractivity contribution in [3.05, 3.63) is 58.7 Å². The topological polar surface area (TPSA) is 29.0 Å². The summed E-state index contributed by atoms with van der Waals surface area (Å²) >= 11 is 0. The van der Waals surface area contributed by atoms with Crippen LogP contribution in [-0.4, -0.2) is 21.4 Å². The highest BCUT2D eigenvalue weighted by molar-refractivity contribution is 5.39. The number of hydrogen-bond acceptors (Lipinski definition) is 3. The van der Waals surface area contributed by atoms with Crippen LogP contribution in [0.2, 0.25) is 0 Å². The van der Waals surface area contributed by atoms with Crippen LogP contribution in [0.3, 0.4) is 0 Å². The van der Waals surface area contributed by atoms with Crippen LogP contribution in [0, 0.1) is 12.3 Å². The van der Waals surface area contributed by atoms with E-state index in [4.69, 9.17) is 11.4 Å². The molecule has 3 nitrogen and oxygen atoms in total. The Morgan fingerprint density at radius 2 is 2.14 bits per heavy atom. The average Bonchev–Trinajstić information content (AvgIpc) is 3.40. The van der Waals surface area contributed by atoms with E-state index in [0.717, 1.165) is 37.4 Å². The molecule has 22 heavy (non-hydrogen) atoms. The van der Waals surface area contributed by atoms with Crippen LogP contribution in [0.15, 0.2) is 30.5 Å². The highest BCUT2D eigenvalue weighted by atomic mass is 15.1. The predicted octanol–water partition coefficient (Wildman–Crippen LogP) is 2.89. The largest absolute Gasteiger partial charge is 0.294 e. The molecule has 2 aliphatic rings. The monoisotopic (exact) mass is 289 g/mol. The Kier molecular flexibility index (Phi) is 3.40. The molecule has 2 aromatic rings. The highest BCUT2D eigenvalue weighted by Crippen LogP contribution is 2.38. The maximum absolute atomic E-state index is 5.59. The Hall–Kier alpha value is -2.18. The fraction of sp³-hybridized carbons (Fsp3) is 0.368. The van der Waals surface area contributed by atoms with E-state index in [-0.39, 0.29) is 0 Å². The molecule has 2 heterocycles. The van der Waals surface area contributed by atoms with E-state index in [1.807, 2.05) is 18.3 Å². The molecule has 0 N–H and O–H groups in total. The molecule has 1 aromatic carbocycles. The van der Waals surface area contributed by atoms with Crippen LogP contribution in [-0.2, 0) is 19.5 Å². The summed E-state index contributed by atoms with van der Waals surface area (Å²) < 4.78 is 0. The second-order valence-corrected chi connectivity index (χ2v) is 6.24. The minimum atomic E-state index is 0.630. The van der Waals surface area contributed by atoms with Crippen molar-refractivity contribution in [3.63, 3.8) is 0 Å². The molecular formula is C19H19N3. The Balaban J connectivity index is 1.51. The van der Waals surface area contributed by atoms with Gasteiger partial charge >= 0.3 is 0 Å². The lowest BCUT2D eigenvalue weighted by atomic mass is 10.0. The Morgan fingerprint density at radius 1 is 1.27 bits per heavy atom. The second-order valence-electron chi connectivity index (χ2n) is 6.24. The third-order valence-corrected chi connectivity index (χ3v) is 4.54. The van der Waals surface area contributed by atoms with E-state index in [0.29, 0.717) is 5.92 Å². The molecule has 0 bridgehead atoms. The van der Waals surface area contributed by atoms with Gasteiger partial charge in [0.15, 0.2) is 0 Å². The van der Waals surface area contributed by atoms with Crippen molar-refractivity contribution in [2.75, 3.05) is 6.54 Å². The molecule has 1 aliphatic heterocycles. The minimum Gasteiger partial charge on any atom is -0.294 e. The molecule has 1 fully saturated rings. The zero-order valence-electron chi connectivity index (χ0n) is 12.6. The fourth-order valence-electron chi connectivity index (χ4n) is 3.10. The Labute approximate surface area is 131 Å². The highest BCUT2D eigenvalue weighted by Gasteiger charge is 2.28. The number of rotatable bonds is 3. The van der Waals surface area contributed by atoms with Crippen LogP contribution >= 0.6 is 0 Å². The summed E-state index contributed by atoms with van der Waals surface area (Å²) in [5.74, 6) is 4.47. The van der Waals surface area contributed by atoms with Gasteiger partial charge in [0.1, 0.15) is 5.82 Å². The molecule has 3 heteroatoms. The summed E-state index contributed by atoms with van der Waals surface area (Å²) in [6.45, 7) is 2.84. The number of terminal acetylenes is 1. The smallest absolute Gasteiger partial charge is 0.131 e. The number of fused-ring (bicyclic) bond motifs is 1. The molecule has 4 rings (SSSR count). The minimum absolute atomic E-state index is 0.630. The van der Waals surface area contributed by atoms with Gasteiger partial charge in [0, 0.05) is 55.0 Å². The van der Waals surface area contributed by atoms with Crippen molar-refractivity contribution in [1.29, 1.82) is 0 Å². The van der Waals surface area contributed by atoms with E-state index in [9.17, 15) is 0 Å². The van der Waals surface area contributed by atoms with Crippen molar-refractivity contribution < 1.29 is 0 Å². The van der Waals surface area contributed by atoms with Gasteiger partial charge in [0.25, 0.3) is 0 Å². The molecule has 0 saturated heterocycles. The molecular weight excluding hydrogens is 270 g/mol. The summed E-state index contributed by atoms with van der Waals surface area (Å²) in [6, 6.07) is 8.19. The number of aromatic nitrogens is 2. The van der Waals surface area contributed by atoms with Gasteiger partial charge in [-0.25, -0.2) is 9.97 Å². The number of benzene rings is 1. The van der Waals surface area contributed by atoms with Gasteiger partial charge in [-0.15, -0.1) is 6.42 Å².